The molecule has 2 N–H and O–H groups in total. The highest BCUT2D eigenvalue weighted by Crippen LogP contribution is 2.20. The molecule has 0 radical (unpaired) electrons. The van der Waals surface area contributed by atoms with Gasteiger partial charge in [-0.2, -0.15) is 8.78 Å². The monoisotopic (exact) mass is 301 g/mol. The van der Waals surface area contributed by atoms with Gasteiger partial charge in [0.25, 0.3) is 0 Å². The minimum absolute atomic E-state index is 0.0814. The first kappa shape index (κ1) is 17.4. The fraction of sp³-hybridized carbons (Fsp3) is 0.533. The maximum Gasteiger partial charge on any atom is 0.387 e. The molecule has 0 aliphatic carbocycles. The summed E-state index contributed by atoms with van der Waals surface area (Å²) in [5.41, 5.74) is 0.812. The van der Waals surface area contributed by atoms with Crippen molar-refractivity contribution in [1.29, 1.82) is 0 Å². The molecule has 21 heavy (non-hydrogen) atoms. The third-order valence-electron chi connectivity index (χ3n) is 3.06. The Labute approximate surface area is 123 Å². The first-order valence-electron chi connectivity index (χ1n) is 6.83. The van der Waals surface area contributed by atoms with Crippen LogP contribution in [0.2, 0.25) is 0 Å². The Morgan fingerprint density at radius 1 is 1.24 bits per heavy atom. The maximum absolute atomic E-state index is 12.1. The highest BCUT2D eigenvalue weighted by molar-refractivity contribution is 5.73. The number of nitrogens with one attached hydrogen (secondary N) is 1. The summed E-state index contributed by atoms with van der Waals surface area (Å²) in [7, 11) is 0. The van der Waals surface area contributed by atoms with Gasteiger partial charge >= 0.3 is 12.6 Å². The molecule has 0 amide bonds. The lowest BCUT2D eigenvalue weighted by Crippen LogP contribution is -2.39. The smallest absolute Gasteiger partial charge is 0.387 e. The Morgan fingerprint density at radius 2 is 1.81 bits per heavy atom. The molecule has 6 heteroatoms. The number of carbonyl (C=O) groups is 1. The third-order valence-corrected chi connectivity index (χ3v) is 3.06. The molecule has 2 atom stereocenters. The Kier molecular flexibility index (Phi) is 6.55. The van der Waals surface area contributed by atoms with Crippen LogP contribution < -0.4 is 10.1 Å². The number of carboxylic acids is 1. The molecule has 1 rings (SSSR count). The fourth-order valence-electron chi connectivity index (χ4n) is 2.05. The Hall–Kier alpha value is -1.69. The Balaban J connectivity index is 2.69. The van der Waals surface area contributed by atoms with Gasteiger partial charge in [-0.15, -0.1) is 0 Å². The lowest BCUT2D eigenvalue weighted by atomic mass is 10.0. The predicted octanol–water partition coefficient (Wildman–Crippen LogP) is 3.44. The van der Waals surface area contributed by atoms with Gasteiger partial charge < -0.3 is 9.84 Å². The van der Waals surface area contributed by atoms with Crippen LogP contribution in [-0.2, 0) is 4.79 Å². The van der Waals surface area contributed by atoms with Crippen LogP contribution in [-0.4, -0.2) is 23.7 Å². The van der Waals surface area contributed by atoms with E-state index in [1.807, 2.05) is 20.8 Å². The zero-order chi connectivity index (χ0) is 16.0. The van der Waals surface area contributed by atoms with E-state index in [1.165, 1.54) is 12.1 Å². The molecule has 0 spiro atoms. The molecule has 0 aromatic heterocycles. The summed E-state index contributed by atoms with van der Waals surface area (Å²) in [6.45, 7) is 2.89. The molecule has 118 valence electrons. The number of aliphatic carboxylic acids is 1. The molecule has 1 aromatic carbocycles. The van der Waals surface area contributed by atoms with Crippen LogP contribution >= 0.6 is 0 Å². The van der Waals surface area contributed by atoms with Crippen molar-refractivity contribution >= 4 is 5.97 Å². The zero-order valence-electron chi connectivity index (χ0n) is 12.3. The number of alkyl halides is 2. The molecule has 0 fully saturated rings. The van der Waals surface area contributed by atoms with Crippen molar-refractivity contribution in [3.8, 4) is 5.75 Å². The van der Waals surface area contributed by atoms with Gasteiger partial charge in [-0.05, 0) is 37.0 Å². The van der Waals surface area contributed by atoms with Gasteiger partial charge in [0.1, 0.15) is 11.8 Å². The Morgan fingerprint density at radius 3 is 2.24 bits per heavy atom. The Bertz CT molecular complexity index is 449. The number of hydrogen-bond acceptors (Lipinski definition) is 3. The van der Waals surface area contributed by atoms with Crippen molar-refractivity contribution in [2.24, 2.45) is 5.92 Å². The van der Waals surface area contributed by atoms with E-state index in [2.05, 4.69) is 10.1 Å². The summed E-state index contributed by atoms with van der Waals surface area (Å²) in [6, 6.07) is 5.32. The summed E-state index contributed by atoms with van der Waals surface area (Å²) in [5.74, 6) is -0.557. The minimum atomic E-state index is -2.85. The summed E-state index contributed by atoms with van der Waals surface area (Å²) in [6.07, 6.45) is 0.520. The van der Waals surface area contributed by atoms with E-state index in [9.17, 15) is 18.7 Å². The number of hydrogen-bond donors (Lipinski definition) is 2. The maximum atomic E-state index is 12.1. The minimum Gasteiger partial charge on any atom is -0.480 e. The molecule has 2 unspecified atom stereocenters. The standard InChI is InChI=1S/C15H21F2NO3/c1-9(2)8-13(14(19)20)18-10(3)11-4-6-12(7-5-11)21-15(16)17/h4-7,9-10,13,15,18H,8H2,1-3H3,(H,19,20). The van der Waals surface area contributed by atoms with Crippen molar-refractivity contribution in [2.75, 3.05) is 0 Å². The van der Waals surface area contributed by atoms with Gasteiger partial charge in [-0.3, -0.25) is 10.1 Å². The molecule has 4 nitrogen and oxygen atoms in total. The van der Waals surface area contributed by atoms with Crippen LogP contribution in [0.4, 0.5) is 8.78 Å². The van der Waals surface area contributed by atoms with Gasteiger partial charge in [0.15, 0.2) is 0 Å². The third kappa shape index (κ3) is 6.08. The van der Waals surface area contributed by atoms with Crippen LogP contribution in [0.5, 0.6) is 5.75 Å². The second-order valence-corrected chi connectivity index (χ2v) is 5.36. The molecule has 0 saturated carbocycles. The largest absolute Gasteiger partial charge is 0.480 e. The van der Waals surface area contributed by atoms with Crippen LogP contribution in [0.3, 0.4) is 0 Å². The summed E-state index contributed by atoms with van der Waals surface area (Å²) < 4.78 is 28.4. The molecular weight excluding hydrogens is 280 g/mol. The first-order chi connectivity index (χ1) is 9.79. The quantitative estimate of drug-likeness (QED) is 0.772. The summed E-state index contributed by atoms with van der Waals surface area (Å²) in [5, 5.41) is 12.2. The topological polar surface area (TPSA) is 58.6 Å². The van der Waals surface area contributed by atoms with Gasteiger partial charge in [0, 0.05) is 6.04 Å². The van der Waals surface area contributed by atoms with E-state index in [0.29, 0.717) is 6.42 Å². The van der Waals surface area contributed by atoms with Crippen molar-refractivity contribution in [2.45, 2.75) is 45.9 Å². The van der Waals surface area contributed by atoms with Crippen LogP contribution in [0.25, 0.3) is 0 Å². The van der Waals surface area contributed by atoms with E-state index in [4.69, 9.17) is 0 Å². The molecule has 0 bridgehead atoms. The van der Waals surface area contributed by atoms with Crippen molar-refractivity contribution in [3.63, 3.8) is 0 Å². The lowest BCUT2D eigenvalue weighted by molar-refractivity contribution is -0.140. The highest BCUT2D eigenvalue weighted by atomic mass is 19.3. The van der Waals surface area contributed by atoms with E-state index in [1.54, 1.807) is 12.1 Å². The first-order valence-corrected chi connectivity index (χ1v) is 6.83. The van der Waals surface area contributed by atoms with E-state index in [0.717, 1.165) is 5.56 Å². The van der Waals surface area contributed by atoms with E-state index >= 15 is 0 Å². The van der Waals surface area contributed by atoms with Crippen molar-refractivity contribution in [3.05, 3.63) is 29.8 Å². The number of rotatable bonds is 8. The summed E-state index contributed by atoms with van der Waals surface area (Å²) >= 11 is 0. The lowest BCUT2D eigenvalue weighted by Gasteiger charge is -2.22. The summed E-state index contributed by atoms with van der Waals surface area (Å²) in [4.78, 5) is 11.2. The second kappa shape index (κ2) is 7.93. The van der Waals surface area contributed by atoms with Crippen molar-refractivity contribution < 1.29 is 23.4 Å². The average Bonchev–Trinajstić information content (AvgIpc) is 2.37. The molecule has 0 saturated heterocycles. The SMILES string of the molecule is CC(C)CC(NC(C)c1ccc(OC(F)F)cc1)C(=O)O. The molecule has 0 aliphatic heterocycles. The van der Waals surface area contributed by atoms with Crippen molar-refractivity contribution in [1.82, 2.24) is 5.32 Å². The van der Waals surface area contributed by atoms with Crippen LogP contribution in [0, 0.1) is 5.92 Å². The number of carboxylic acid groups (broad SMARTS) is 1. The number of ether oxygens (including phenoxy) is 1. The van der Waals surface area contributed by atoms with E-state index < -0.39 is 18.6 Å². The van der Waals surface area contributed by atoms with Gasteiger partial charge in [-0.1, -0.05) is 26.0 Å². The van der Waals surface area contributed by atoms with Crippen LogP contribution in [0.1, 0.15) is 38.8 Å². The molecule has 0 heterocycles. The van der Waals surface area contributed by atoms with Gasteiger partial charge in [0.05, 0.1) is 0 Å². The number of benzene rings is 1. The van der Waals surface area contributed by atoms with Crippen LogP contribution in [0.15, 0.2) is 24.3 Å². The van der Waals surface area contributed by atoms with E-state index in [-0.39, 0.29) is 17.7 Å². The molecule has 1 aromatic rings. The predicted molar refractivity (Wildman–Crippen MR) is 75.5 cm³/mol. The van der Waals surface area contributed by atoms with Gasteiger partial charge in [0.2, 0.25) is 0 Å². The normalized spacial score (nSPS) is 14.2. The van der Waals surface area contributed by atoms with Gasteiger partial charge in [-0.25, -0.2) is 0 Å². The second-order valence-electron chi connectivity index (χ2n) is 5.36. The highest BCUT2D eigenvalue weighted by Gasteiger charge is 2.21. The number of halogens is 2. The fourth-order valence-corrected chi connectivity index (χ4v) is 2.05. The molecule has 0 aliphatic rings. The zero-order valence-corrected chi connectivity index (χ0v) is 12.3. The average molecular weight is 301 g/mol. The molecular formula is C15H21F2NO3.